The second-order valence-corrected chi connectivity index (χ2v) is 12.0. The third-order valence-corrected chi connectivity index (χ3v) is 9.19. The fraction of sp³-hybridized carbons (Fsp3) is 0.261. The summed E-state index contributed by atoms with van der Waals surface area (Å²) in [4.78, 5) is 4.32. The van der Waals surface area contributed by atoms with Crippen LogP contribution in [0.15, 0.2) is 82.8 Å². The Morgan fingerprint density at radius 3 is 2.21 bits per heavy atom. The standard InChI is InChI=1S/C23H24ClN3O5S2/c24-19-3-7-23(8-4-19)34(30,31)27-14-11-20(12-15-27)26-33(28,29)22-9-5-21(6-10-22)32-17-18-2-1-13-25-16-18/h1-10,13,16,20,26H,11-12,14-15,17H2. The van der Waals surface area contributed by atoms with Crippen LogP contribution in [0, 0.1) is 0 Å². The average Bonchev–Trinajstić information content (AvgIpc) is 2.84. The van der Waals surface area contributed by atoms with Gasteiger partial charge in [0.1, 0.15) is 12.4 Å². The topological polar surface area (TPSA) is 106 Å². The summed E-state index contributed by atoms with van der Waals surface area (Å²) >= 11 is 5.85. The summed E-state index contributed by atoms with van der Waals surface area (Å²) < 4.78 is 61.0. The van der Waals surface area contributed by atoms with Gasteiger partial charge in [0.05, 0.1) is 9.79 Å². The molecule has 0 spiro atoms. The van der Waals surface area contributed by atoms with Crippen LogP contribution in [0.2, 0.25) is 5.02 Å². The van der Waals surface area contributed by atoms with Crippen molar-refractivity contribution in [2.45, 2.75) is 35.3 Å². The van der Waals surface area contributed by atoms with Gasteiger partial charge in [-0.25, -0.2) is 21.6 Å². The number of nitrogens with one attached hydrogen (secondary N) is 1. The van der Waals surface area contributed by atoms with E-state index < -0.39 is 20.0 Å². The zero-order chi connectivity index (χ0) is 24.2. The minimum atomic E-state index is -3.75. The van der Waals surface area contributed by atoms with Gasteiger partial charge in [0.2, 0.25) is 20.0 Å². The Bertz CT molecular complexity index is 1310. The molecule has 3 aromatic rings. The van der Waals surface area contributed by atoms with E-state index in [-0.39, 0.29) is 28.9 Å². The number of benzene rings is 2. The quantitative estimate of drug-likeness (QED) is 0.486. The van der Waals surface area contributed by atoms with Crippen molar-refractivity contribution in [3.05, 3.63) is 83.6 Å². The fourth-order valence-electron chi connectivity index (χ4n) is 3.62. The van der Waals surface area contributed by atoms with Gasteiger partial charge in [0, 0.05) is 42.1 Å². The van der Waals surface area contributed by atoms with E-state index in [2.05, 4.69) is 9.71 Å². The first-order valence-corrected chi connectivity index (χ1v) is 13.9. The number of halogens is 1. The third-order valence-electron chi connectivity index (χ3n) is 5.49. The number of pyridine rings is 1. The molecule has 0 radical (unpaired) electrons. The van der Waals surface area contributed by atoms with E-state index in [0.717, 1.165) is 5.56 Å². The third kappa shape index (κ3) is 5.94. The van der Waals surface area contributed by atoms with Gasteiger partial charge in [0.15, 0.2) is 0 Å². The Morgan fingerprint density at radius 1 is 0.941 bits per heavy atom. The van der Waals surface area contributed by atoms with Gasteiger partial charge in [-0.2, -0.15) is 4.31 Å². The monoisotopic (exact) mass is 521 g/mol. The first-order valence-electron chi connectivity index (χ1n) is 10.6. The van der Waals surface area contributed by atoms with Gasteiger partial charge in [-0.05, 0) is 67.4 Å². The maximum atomic E-state index is 12.8. The second-order valence-electron chi connectivity index (χ2n) is 7.87. The van der Waals surface area contributed by atoms with Gasteiger partial charge >= 0.3 is 0 Å². The van der Waals surface area contributed by atoms with Gasteiger partial charge < -0.3 is 4.74 Å². The molecule has 34 heavy (non-hydrogen) atoms. The van der Waals surface area contributed by atoms with Crippen molar-refractivity contribution in [3.63, 3.8) is 0 Å². The second kappa shape index (κ2) is 10.4. The Balaban J connectivity index is 1.33. The number of hydrogen-bond acceptors (Lipinski definition) is 6. The van der Waals surface area contributed by atoms with Crippen LogP contribution in [0.25, 0.3) is 0 Å². The largest absolute Gasteiger partial charge is 0.489 e. The highest BCUT2D eigenvalue weighted by molar-refractivity contribution is 7.89. The highest BCUT2D eigenvalue weighted by atomic mass is 35.5. The lowest BCUT2D eigenvalue weighted by Crippen LogP contribution is -2.46. The highest BCUT2D eigenvalue weighted by Crippen LogP contribution is 2.24. The minimum Gasteiger partial charge on any atom is -0.489 e. The zero-order valence-corrected chi connectivity index (χ0v) is 20.6. The molecule has 2 aromatic carbocycles. The van der Waals surface area contributed by atoms with Gasteiger partial charge in [0.25, 0.3) is 0 Å². The number of rotatable bonds is 8. The Labute approximate surface area is 204 Å². The first-order chi connectivity index (χ1) is 16.2. The van der Waals surface area contributed by atoms with E-state index in [4.69, 9.17) is 16.3 Å². The van der Waals surface area contributed by atoms with Crippen LogP contribution in [0.1, 0.15) is 18.4 Å². The summed E-state index contributed by atoms with van der Waals surface area (Å²) in [6.07, 6.45) is 4.13. The minimum absolute atomic E-state index is 0.123. The molecule has 0 amide bonds. The van der Waals surface area contributed by atoms with Crippen molar-refractivity contribution >= 4 is 31.6 Å². The Hall–Kier alpha value is -2.50. The molecule has 0 saturated carbocycles. The van der Waals surface area contributed by atoms with Gasteiger partial charge in [-0.15, -0.1) is 0 Å². The van der Waals surface area contributed by atoms with Crippen molar-refractivity contribution in [2.75, 3.05) is 13.1 Å². The maximum Gasteiger partial charge on any atom is 0.243 e. The molecule has 1 N–H and O–H groups in total. The van der Waals surface area contributed by atoms with E-state index >= 15 is 0 Å². The number of ether oxygens (including phenoxy) is 1. The molecule has 0 bridgehead atoms. The molecule has 1 saturated heterocycles. The maximum absolute atomic E-state index is 12.8. The predicted molar refractivity (Wildman–Crippen MR) is 129 cm³/mol. The molecule has 0 unspecified atom stereocenters. The van der Waals surface area contributed by atoms with E-state index in [0.29, 0.717) is 30.2 Å². The van der Waals surface area contributed by atoms with Gasteiger partial charge in [-0.3, -0.25) is 4.98 Å². The van der Waals surface area contributed by atoms with Crippen molar-refractivity contribution in [2.24, 2.45) is 0 Å². The Morgan fingerprint density at radius 2 is 1.59 bits per heavy atom. The van der Waals surface area contributed by atoms with Crippen molar-refractivity contribution in [1.82, 2.24) is 14.0 Å². The van der Waals surface area contributed by atoms with E-state index in [1.165, 1.54) is 40.7 Å². The summed E-state index contributed by atoms with van der Waals surface area (Å²) in [5.41, 5.74) is 0.908. The predicted octanol–water partition coefficient (Wildman–Crippen LogP) is 3.45. The molecule has 11 heteroatoms. The van der Waals surface area contributed by atoms with E-state index in [1.54, 1.807) is 24.5 Å². The summed E-state index contributed by atoms with van der Waals surface area (Å²) in [5, 5.41) is 0.458. The zero-order valence-electron chi connectivity index (χ0n) is 18.2. The molecule has 2 heterocycles. The summed E-state index contributed by atoms with van der Waals surface area (Å²) in [7, 11) is -7.40. The van der Waals surface area contributed by atoms with Crippen molar-refractivity contribution < 1.29 is 21.6 Å². The molecule has 1 fully saturated rings. The molecule has 1 aromatic heterocycles. The van der Waals surface area contributed by atoms with Crippen molar-refractivity contribution in [1.29, 1.82) is 0 Å². The summed E-state index contributed by atoms with van der Waals surface area (Å²) in [6, 6.07) is 15.5. The van der Waals surface area contributed by atoms with Crippen molar-refractivity contribution in [3.8, 4) is 5.75 Å². The number of sulfonamides is 2. The number of aromatic nitrogens is 1. The molecule has 0 atom stereocenters. The average molecular weight is 522 g/mol. The smallest absolute Gasteiger partial charge is 0.243 e. The van der Waals surface area contributed by atoms with E-state index in [1.807, 2.05) is 12.1 Å². The molecular formula is C23H24ClN3O5S2. The van der Waals surface area contributed by atoms with Crippen LogP contribution in [-0.2, 0) is 26.7 Å². The molecule has 1 aliphatic heterocycles. The Kier molecular flexibility index (Phi) is 7.54. The molecule has 8 nitrogen and oxygen atoms in total. The number of piperidine rings is 1. The highest BCUT2D eigenvalue weighted by Gasteiger charge is 2.31. The molecule has 4 rings (SSSR count). The molecule has 0 aliphatic carbocycles. The van der Waals surface area contributed by atoms with Crippen LogP contribution in [-0.4, -0.2) is 45.3 Å². The van der Waals surface area contributed by atoms with E-state index in [9.17, 15) is 16.8 Å². The lowest BCUT2D eigenvalue weighted by molar-refractivity contribution is 0.305. The fourth-order valence-corrected chi connectivity index (χ4v) is 6.52. The molecular weight excluding hydrogens is 498 g/mol. The van der Waals surface area contributed by atoms with Crippen LogP contribution < -0.4 is 9.46 Å². The van der Waals surface area contributed by atoms with Crippen LogP contribution >= 0.6 is 11.6 Å². The summed E-state index contributed by atoms with van der Waals surface area (Å²) in [6.45, 7) is 0.772. The lowest BCUT2D eigenvalue weighted by atomic mass is 10.1. The summed E-state index contributed by atoms with van der Waals surface area (Å²) in [5.74, 6) is 0.545. The number of hydrogen-bond donors (Lipinski definition) is 1. The van der Waals surface area contributed by atoms with Crippen LogP contribution in [0.5, 0.6) is 5.75 Å². The van der Waals surface area contributed by atoms with Crippen LogP contribution in [0.4, 0.5) is 0 Å². The molecule has 1 aliphatic rings. The number of nitrogens with zero attached hydrogens (tertiary/aromatic N) is 2. The normalized spacial score (nSPS) is 15.8. The SMILES string of the molecule is O=S(=O)(NC1CCN(S(=O)(=O)c2ccc(Cl)cc2)CC1)c1ccc(OCc2cccnc2)cc1. The molecule has 180 valence electrons. The lowest BCUT2D eigenvalue weighted by Gasteiger charge is -2.31. The first kappa shape index (κ1) is 24.6. The van der Waals surface area contributed by atoms with Gasteiger partial charge in [-0.1, -0.05) is 17.7 Å². The van der Waals surface area contributed by atoms with Crippen LogP contribution in [0.3, 0.4) is 0 Å².